The summed E-state index contributed by atoms with van der Waals surface area (Å²) in [5.41, 5.74) is -0.0901. The van der Waals surface area contributed by atoms with Gasteiger partial charge in [-0.2, -0.15) is 0 Å². The number of hydrogen-bond acceptors (Lipinski definition) is 2. The molecule has 0 aliphatic heterocycles. The lowest BCUT2D eigenvalue weighted by Crippen LogP contribution is -2.49. The number of carbonyl (C=O) groups excluding carboxylic acids is 1. The summed E-state index contributed by atoms with van der Waals surface area (Å²) in [6.45, 7) is 5.55. The van der Waals surface area contributed by atoms with E-state index in [1.165, 1.54) is 12.4 Å². The van der Waals surface area contributed by atoms with Gasteiger partial charge in [-0.1, -0.05) is 11.6 Å². The molecule has 0 aromatic carbocycles. The fourth-order valence-corrected chi connectivity index (χ4v) is 1.28. The molecule has 0 saturated heterocycles. The molecule has 3 nitrogen and oxygen atoms in total. The Kier molecular flexibility index (Phi) is 4.16. The smallest absolute Gasteiger partial charge is 0.253 e. The van der Waals surface area contributed by atoms with E-state index in [-0.39, 0.29) is 11.3 Å². The van der Waals surface area contributed by atoms with Crippen molar-refractivity contribution in [2.75, 3.05) is 0 Å². The zero-order chi connectivity index (χ0) is 12.3. The maximum atomic E-state index is 11.9. The quantitative estimate of drug-likeness (QED) is 0.850. The van der Waals surface area contributed by atoms with Gasteiger partial charge in [0.1, 0.15) is 0 Å². The third-order valence-corrected chi connectivity index (χ3v) is 3.29. The molecule has 0 bridgehead atoms. The average Bonchev–Trinajstić information content (AvgIpc) is 2.17. The summed E-state index contributed by atoms with van der Waals surface area (Å²) in [7, 11) is 0. The van der Waals surface area contributed by atoms with E-state index < -0.39 is 5.54 Å². The van der Waals surface area contributed by atoms with E-state index >= 15 is 0 Å². The van der Waals surface area contributed by atoms with Crippen molar-refractivity contribution < 1.29 is 4.79 Å². The van der Waals surface area contributed by atoms with Crippen LogP contribution in [0.4, 0.5) is 0 Å². The number of aromatic nitrogens is 1. The van der Waals surface area contributed by atoms with Crippen LogP contribution in [0, 0.1) is 0 Å². The van der Waals surface area contributed by atoms with E-state index in [0.717, 1.165) is 0 Å². The molecular weight excluding hydrogens is 247 g/mol. The largest absolute Gasteiger partial charge is 0.346 e. The number of pyridine rings is 1. The number of rotatable bonds is 3. The molecule has 0 spiro atoms. The van der Waals surface area contributed by atoms with E-state index in [9.17, 15) is 4.79 Å². The first-order chi connectivity index (χ1) is 7.34. The lowest BCUT2D eigenvalue weighted by Gasteiger charge is -2.29. The minimum Gasteiger partial charge on any atom is -0.346 e. The van der Waals surface area contributed by atoms with Crippen molar-refractivity contribution in [1.82, 2.24) is 10.3 Å². The Bertz CT molecular complexity index is 391. The molecule has 0 aliphatic carbocycles. The highest BCUT2D eigenvalue weighted by atomic mass is 35.5. The topological polar surface area (TPSA) is 42.0 Å². The molecule has 0 radical (unpaired) electrons. The zero-order valence-corrected chi connectivity index (χ0v) is 10.9. The maximum absolute atomic E-state index is 11.9. The van der Waals surface area contributed by atoms with Gasteiger partial charge in [0.15, 0.2) is 0 Å². The molecule has 1 rings (SSSR count). The summed E-state index contributed by atoms with van der Waals surface area (Å²) in [6, 6.07) is 1.58. The van der Waals surface area contributed by atoms with Crippen LogP contribution in [-0.4, -0.2) is 21.8 Å². The number of nitrogens with one attached hydrogen (secondary N) is 1. The minimum atomic E-state index is -0.495. The van der Waals surface area contributed by atoms with Gasteiger partial charge in [-0.05, 0) is 26.8 Å². The highest BCUT2D eigenvalue weighted by Gasteiger charge is 2.27. The van der Waals surface area contributed by atoms with Crippen LogP contribution in [0.25, 0.3) is 0 Å². The van der Waals surface area contributed by atoms with Crippen molar-refractivity contribution in [3.8, 4) is 0 Å². The second-order valence-electron chi connectivity index (χ2n) is 4.15. The van der Waals surface area contributed by atoms with E-state index in [0.29, 0.717) is 10.6 Å². The molecule has 1 heterocycles. The first kappa shape index (κ1) is 13.3. The fraction of sp³-hybridized carbons (Fsp3) is 0.455. The van der Waals surface area contributed by atoms with Crippen molar-refractivity contribution >= 4 is 29.1 Å². The van der Waals surface area contributed by atoms with Crippen molar-refractivity contribution in [1.29, 1.82) is 0 Å². The van der Waals surface area contributed by atoms with Crippen molar-refractivity contribution in [3.63, 3.8) is 0 Å². The Hall–Kier alpha value is -0.800. The standard InChI is InChI=1S/C11H14Cl2N2O/c1-7(12)11(2,3)15-10(16)8-4-5-14-6-9(8)13/h4-7H,1-3H3,(H,15,16). The number of halogens is 2. The molecular formula is C11H14Cl2N2O. The lowest BCUT2D eigenvalue weighted by atomic mass is 10.0. The minimum absolute atomic E-state index is 0.183. The highest BCUT2D eigenvalue weighted by Crippen LogP contribution is 2.18. The third-order valence-electron chi connectivity index (χ3n) is 2.45. The molecule has 5 heteroatoms. The van der Waals surface area contributed by atoms with Crippen molar-refractivity contribution in [2.24, 2.45) is 0 Å². The van der Waals surface area contributed by atoms with Crippen LogP contribution < -0.4 is 5.32 Å². The average molecular weight is 261 g/mol. The number of amides is 1. The molecule has 1 atom stereocenters. The molecule has 1 unspecified atom stereocenters. The summed E-state index contributed by atoms with van der Waals surface area (Å²) in [5, 5.41) is 2.98. The molecule has 0 aliphatic rings. The predicted molar refractivity (Wildman–Crippen MR) is 66.1 cm³/mol. The second-order valence-corrected chi connectivity index (χ2v) is 5.21. The Balaban J connectivity index is 2.85. The van der Waals surface area contributed by atoms with Crippen LogP contribution in [-0.2, 0) is 0 Å². The Morgan fingerprint density at radius 1 is 1.56 bits per heavy atom. The van der Waals surface area contributed by atoms with Crippen LogP contribution in [0.2, 0.25) is 5.02 Å². The molecule has 1 amide bonds. The van der Waals surface area contributed by atoms with Crippen LogP contribution in [0.5, 0.6) is 0 Å². The van der Waals surface area contributed by atoms with Gasteiger partial charge in [0.25, 0.3) is 5.91 Å². The van der Waals surface area contributed by atoms with Gasteiger partial charge in [0.05, 0.1) is 21.5 Å². The van der Waals surface area contributed by atoms with Crippen LogP contribution in [0.1, 0.15) is 31.1 Å². The van der Waals surface area contributed by atoms with Crippen LogP contribution >= 0.6 is 23.2 Å². The SMILES string of the molecule is CC(Cl)C(C)(C)NC(=O)c1ccncc1Cl. The van der Waals surface area contributed by atoms with Gasteiger partial charge in [-0.25, -0.2) is 0 Å². The first-order valence-electron chi connectivity index (χ1n) is 4.90. The van der Waals surface area contributed by atoms with E-state index in [1.54, 1.807) is 6.07 Å². The molecule has 1 aromatic heterocycles. The van der Waals surface area contributed by atoms with Crippen molar-refractivity contribution in [2.45, 2.75) is 31.7 Å². The monoisotopic (exact) mass is 260 g/mol. The molecule has 88 valence electrons. The summed E-state index contributed by atoms with van der Waals surface area (Å²) in [4.78, 5) is 15.7. The van der Waals surface area contributed by atoms with E-state index in [1.807, 2.05) is 20.8 Å². The first-order valence-corrected chi connectivity index (χ1v) is 5.72. The molecule has 0 fully saturated rings. The Morgan fingerprint density at radius 3 is 2.69 bits per heavy atom. The maximum Gasteiger partial charge on any atom is 0.253 e. The lowest BCUT2D eigenvalue weighted by molar-refractivity contribution is 0.0912. The van der Waals surface area contributed by atoms with Gasteiger partial charge in [-0.3, -0.25) is 9.78 Å². The highest BCUT2D eigenvalue weighted by molar-refractivity contribution is 6.33. The summed E-state index contributed by atoms with van der Waals surface area (Å²) < 4.78 is 0. The summed E-state index contributed by atoms with van der Waals surface area (Å²) >= 11 is 11.9. The fourth-order valence-electron chi connectivity index (χ4n) is 1.02. The summed E-state index contributed by atoms with van der Waals surface area (Å²) in [5.74, 6) is -0.245. The normalized spacial score (nSPS) is 13.3. The van der Waals surface area contributed by atoms with E-state index in [4.69, 9.17) is 23.2 Å². The molecule has 16 heavy (non-hydrogen) atoms. The number of carbonyl (C=O) groups is 1. The number of alkyl halides is 1. The van der Waals surface area contributed by atoms with Crippen LogP contribution in [0.15, 0.2) is 18.5 Å². The zero-order valence-electron chi connectivity index (χ0n) is 9.42. The molecule has 1 aromatic rings. The second kappa shape index (κ2) is 5.02. The van der Waals surface area contributed by atoms with Gasteiger partial charge >= 0.3 is 0 Å². The van der Waals surface area contributed by atoms with Gasteiger partial charge in [0, 0.05) is 12.4 Å². The molecule has 0 saturated carbocycles. The van der Waals surface area contributed by atoms with E-state index in [2.05, 4.69) is 10.3 Å². The number of hydrogen-bond donors (Lipinski definition) is 1. The Morgan fingerprint density at radius 2 is 2.19 bits per heavy atom. The van der Waals surface area contributed by atoms with Gasteiger partial charge < -0.3 is 5.32 Å². The predicted octanol–water partition coefficient (Wildman–Crippen LogP) is 2.87. The summed E-state index contributed by atoms with van der Waals surface area (Å²) in [6.07, 6.45) is 2.96. The Labute approximate surface area is 105 Å². The number of nitrogens with zero attached hydrogens (tertiary/aromatic N) is 1. The third kappa shape index (κ3) is 3.09. The van der Waals surface area contributed by atoms with Gasteiger partial charge in [-0.15, -0.1) is 11.6 Å². The van der Waals surface area contributed by atoms with Crippen LogP contribution in [0.3, 0.4) is 0 Å². The molecule has 1 N–H and O–H groups in total. The van der Waals surface area contributed by atoms with Crippen molar-refractivity contribution in [3.05, 3.63) is 29.0 Å². The van der Waals surface area contributed by atoms with Gasteiger partial charge in [0.2, 0.25) is 0 Å².